The normalized spacial score (nSPS) is 10.8. The van der Waals surface area contributed by atoms with Gasteiger partial charge in [0.15, 0.2) is 11.5 Å². The molecule has 0 radical (unpaired) electrons. The van der Waals surface area contributed by atoms with E-state index in [0.29, 0.717) is 24.3 Å². The van der Waals surface area contributed by atoms with Gasteiger partial charge < -0.3 is 9.47 Å². The fraction of sp³-hybridized carbons (Fsp3) is 0.714. The molecule has 0 N–H and O–H groups in total. The Balaban J connectivity index is 2.22. The number of ether oxygens (including phenoxy) is 2. The zero-order chi connectivity index (χ0) is 23.3. The number of carbonyl (C=O) groups is 2. The number of benzene rings is 1. The van der Waals surface area contributed by atoms with Crippen molar-refractivity contribution in [2.75, 3.05) is 0 Å². The van der Waals surface area contributed by atoms with E-state index in [1.807, 2.05) is 0 Å². The summed E-state index contributed by atoms with van der Waals surface area (Å²) in [5.74, 6) is 0.146. The maximum Gasteiger partial charge on any atom is 0.311 e. The summed E-state index contributed by atoms with van der Waals surface area (Å²) in [6.07, 6.45) is 19.8. The third kappa shape index (κ3) is 15.0. The van der Waals surface area contributed by atoms with Crippen molar-refractivity contribution in [2.24, 2.45) is 0 Å². The molecule has 0 unspecified atom stereocenters. The Hall–Kier alpha value is -1.84. The predicted molar refractivity (Wildman–Crippen MR) is 132 cm³/mol. The molecule has 0 atom stereocenters. The van der Waals surface area contributed by atoms with Crippen LogP contribution in [0.2, 0.25) is 0 Å². The zero-order valence-electron chi connectivity index (χ0n) is 20.7. The van der Waals surface area contributed by atoms with Crippen LogP contribution in [0.15, 0.2) is 24.3 Å². The molecule has 4 nitrogen and oxygen atoms in total. The standard InChI is InChI=1S/C28H46O4/c1-3-5-7-9-11-13-15-17-23-27(29)31-25-21-19-20-22-26(25)32-28(30)24-18-16-14-12-10-8-6-4-2/h19-22H,3-18,23-24H2,1-2H3. The number of unbranched alkanes of at least 4 members (excludes halogenated alkanes) is 14. The molecule has 0 fully saturated rings. The highest BCUT2D eigenvalue weighted by Gasteiger charge is 2.13. The molecule has 1 rings (SSSR count). The van der Waals surface area contributed by atoms with Gasteiger partial charge in [-0.2, -0.15) is 0 Å². The van der Waals surface area contributed by atoms with Crippen LogP contribution >= 0.6 is 0 Å². The highest BCUT2D eigenvalue weighted by atomic mass is 16.6. The Morgan fingerprint density at radius 3 is 1.19 bits per heavy atom. The van der Waals surface area contributed by atoms with Gasteiger partial charge in [0.05, 0.1) is 0 Å². The van der Waals surface area contributed by atoms with Crippen LogP contribution in [0.4, 0.5) is 0 Å². The summed E-state index contributed by atoms with van der Waals surface area (Å²) in [5, 5.41) is 0. The average Bonchev–Trinajstić information content (AvgIpc) is 2.78. The van der Waals surface area contributed by atoms with Crippen LogP contribution in [0.25, 0.3) is 0 Å². The summed E-state index contributed by atoms with van der Waals surface area (Å²) < 4.78 is 11.0. The quantitative estimate of drug-likeness (QED) is 0.114. The molecule has 0 spiro atoms. The molecule has 1 aromatic carbocycles. The van der Waals surface area contributed by atoms with Crippen molar-refractivity contribution in [1.82, 2.24) is 0 Å². The SMILES string of the molecule is CCCCCCCCCCC(=O)Oc1ccccc1OC(=O)CCCCCCCCCC. The van der Waals surface area contributed by atoms with Gasteiger partial charge in [-0.1, -0.05) is 116 Å². The second-order valence-corrected chi connectivity index (χ2v) is 8.84. The minimum atomic E-state index is -0.262. The van der Waals surface area contributed by atoms with Gasteiger partial charge in [0, 0.05) is 12.8 Å². The molecule has 1 aromatic rings. The van der Waals surface area contributed by atoms with E-state index in [-0.39, 0.29) is 11.9 Å². The summed E-state index contributed by atoms with van der Waals surface area (Å²) in [6, 6.07) is 6.94. The summed E-state index contributed by atoms with van der Waals surface area (Å²) in [4.78, 5) is 24.4. The van der Waals surface area contributed by atoms with E-state index < -0.39 is 0 Å². The number of rotatable bonds is 20. The van der Waals surface area contributed by atoms with Gasteiger partial charge in [0.2, 0.25) is 0 Å². The van der Waals surface area contributed by atoms with Gasteiger partial charge >= 0.3 is 11.9 Å². The molecule has 0 bridgehead atoms. The molecule has 0 aliphatic rings. The molecule has 0 heterocycles. The summed E-state index contributed by atoms with van der Waals surface area (Å²) in [5.41, 5.74) is 0. The van der Waals surface area contributed by atoms with Crippen LogP contribution in [-0.2, 0) is 9.59 Å². The highest BCUT2D eigenvalue weighted by Crippen LogP contribution is 2.27. The van der Waals surface area contributed by atoms with Crippen LogP contribution in [0.3, 0.4) is 0 Å². The van der Waals surface area contributed by atoms with Crippen LogP contribution in [-0.4, -0.2) is 11.9 Å². The second-order valence-electron chi connectivity index (χ2n) is 8.84. The Bertz CT molecular complexity index is 558. The lowest BCUT2D eigenvalue weighted by Gasteiger charge is -2.10. The van der Waals surface area contributed by atoms with Crippen molar-refractivity contribution in [3.63, 3.8) is 0 Å². The molecule has 0 saturated carbocycles. The topological polar surface area (TPSA) is 52.6 Å². The summed E-state index contributed by atoms with van der Waals surface area (Å²) in [7, 11) is 0. The van der Waals surface area contributed by atoms with Crippen molar-refractivity contribution in [3.05, 3.63) is 24.3 Å². The summed E-state index contributed by atoms with van der Waals surface area (Å²) >= 11 is 0. The molecule has 0 aromatic heterocycles. The fourth-order valence-corrected chi connectivity index (χ4v) is 3.77. The zero-order valence-corrected chi connectivity index (χ0v) is 20.7. The lowest BCUT2D eigenvalue weighted by atomic mass is 10.1. The van der Waals surface area contributed by atoms with Gasteiger partial charge in [-0.05, 0) is 25.0 Å². The van der Waals surface area contributed by atoms with Crippen LogP contribution < -0.4 is 9.47 Å². The minimum absolute atomic E-state index is 0.262. The molecular weight excluding hydrogens is 400 g/mol. The smallest absolute Gasteiger partial charge is 0.311 e. The van der Waals surface area contributed by atoms with Crippen molar-refractivity contribution >= 4 is 11.9 Å². The van der Waals surface area contributed by atoms with Gasteiger partial charge in [0.25, 0.3) is 0 Å². The van der Waals surface area contributed by atoms with Gasteiger partial charge in [-0.25, -0.2) is 0 Å². The largest absolute Gasteiger partial charge is 0.423 e. The Morgan fingerprint density at radius 1 is 0.531 bits per heavy atom. The van der Waals surface area contributed by atoms with E-state index in [9.17, 15) is 9.59 Å². The molecule has 32 heavy (non-hydrogen) atoms. The first-order chi connectivity index (χ1) is 15.7. The molecule has 0 amide bonds. The molecule has 4 heteroatoms. The number of carbonyl (C=O) groups excluding carboxylic acids is 2. The van der Waals surface area contributed by atoms with Crippen molar-refractivity contribution in [3.8, 4) is 11.5 Å². The van der Waals surface area contributed by atoms with Crippen molar-refractivity contribution in [2.45, 2.75) is 129 Å². The number of para-hydroxylation sites is 2. The van der Waals surface area contributed by atoms with E-state index >= 15 is 0 Å². The predicted octanol–water partition coefficient (Wildman–Crippen LogP) is 8.56. The first-order valence-corrected chi connectivity index (χ1v) is 13.2. The number of hydrogen-bond acceptors (Lipinski definition) is 4. The van der Waals surface area contributed by atoms with Gasteiger partial charge in [0.1, 0.15) is 0 Å². The second kappa shape index (κ2) is 19.8. The van der Waals surface area contributed by atoms with E-state index in [4.69, 9.17) is 9.47 Å². The first kappa shape index (κ1) is 28.2. The van der Waals surface area contributed by atoms with Gasteiger partial charge in [-0.3, -0.25) is 9.59 Å². The molecule has 182 valence electrons. The number of hydrogen-bond donors (Lipinski definition) is 0. The molecule has 0 aliphatic carbocycles. The fourth-order valence-electron chi connectivity index (χ4n) is 3.77. The van der Waals surface area contributed by atoms with E-state index in [1.54, 1.807) is 24.3 Å². The van der Waals surface area contributed by atoms with Crippen LogP contribution in [0.5, 0.6) is 11.5 Å². The maximum absolute atomic E-state index is 12.2. The third-order valence-electron chi connectivity index (χ3n) is 5.77. The third-order valence-corrected chi connectivity index (χ3v) is 5.77. The molecular formula is C28H46O4. The minimum Gasteiger partial charge on any atom is -0.423 e. The van der Waals surface area contributed by atoms with E-state index in [2.05, 4.69) is 13.8 Å². The average molecular weight is 447 g/mol. The molecule has 0 aliphatic heterocycles. The van der Waals surface area contributed by atoms with E-state index in [0.717, 1.165) is 25.7 Å². The number of esters is 2. The summed E-state index contributed by atoms with van der Waals surface area (Å²) in [6.45, 7) is 4.45. The van der Waals surface area contributed by atoms with Crippen molar-refractivity contribution < 1.29 is 19.1 Å². The van der Waals surface area contributed by atoms with Crippen LogP contribution in [0, 0.1) is 0 Å². The Morgan fingerprint density at radius 2 is 0.844 bits per heavy atom. The maximum atomic E-state index is 12.2. The first-order valence-electron chi connectivity index (χ1n) is 13.2. The van der Waals surface area contributed by atoms with Crippen molar-refractivity contribution in [1.29, 1.82) is 0 Å². The Kier molecular flexibility index (Phi) is 17.5. The lowest BCUT2D eigenvalue weighted by molar-refractivity contribution is -0.137. The van der Waals surface area contributed by atoms with Gasteiger partial charge in [-0.15, -0.1) is 0 Å². The molecule has 0 saturated heterocycles. The van der Waals surface area contributed by atoms with E-state index in [1.165, 1.54) is 77.0 Å². The monoisotopic (exact) mass is 446 g/mol. The Labute approximate surface area is 196 Å². The van der Waals surface area contributed by atoms with Crippen LogP contribution in [0.1, 0.15) is 129 Å². The lowest BCUT2D eigenvalue weighted by Crippen LogP contribution is -2.12. The highest BCUT2D eigenvalue weighted by molar-refractivity contribution is 5.76.